The third-order valence-electron chi connectivity index (χ3n) is 12.5. The summed E-state index contributed by atoms with van der Waals surface area (Å²) in [6, 6.07) is 15.2. The largest absolute Gasteiger partial charge is 0.455 e. The molecule has 0 saturated carbocycles. The van der Waals surface area contributed by atoms with E-state index in [-0.39, 0.29) is 28.3 Å². The average molecular weight is 884 g/mol. The summed E-state index contributed by atoms with van der Waals surface area (Å²) in [4.78, 5) is 37.1. The maximum absolute atomic E-state index is 13.9. The van der Waals surface area contributed by atoms with Gasteiger partial charge < -0.3 is 25.0 Å². The van der Waals surface area contributed by atoms with E-state index in [9.17, 15) is 23.3 Å². The van der Waals surface area contributed by atoms with Gasteiger partial charge in [-0.15, -0.1) is 11.3 Å². The number of anilines is 3. The monoisotopic (exact) mass is 883 g/mol. The third kappa shape index (κ3) is 10.1. The van der Waals surface area contributed by atoms with Gasteiger partial charge in [-0.1, -0.05) is 33.3 Å². The molecule has 0 bridgehead atoms. The van der Waals surface area contributed by atoms with Crippen molar-refractivity contribution in [1.82, 2.24) is 14.6 Å². The molecule has 2 fully saturated rings. The number of thiophene rings is 1. The molecule has 62 heavy (non-hydrogen) atoms. The summed E-state index contributed by atoms with van der Waals surface area (Å²) in [5, 5.41) is 18.4. The summed E-state index contributed by atoms with van der Waals surface area (Å²) in [6.45, 7) is 16.0. The topological polar surface area (TPSA) is 168 Å². The molecule has 4 aromatic rings. The van der Waals surface area contributed by atoms with E-state index in [0.717, 1.165) is 94.5 Å². The maximum Gasteiger partial charge on any atom is 0.293 e. The first kappa shape index (κ1) is 43.6. The summed E-state index contributed by atoms with van der Waals surface area (Å²) < 4.78 is 41.3. The zero-order valence-electron chi connectivity index (χ0n) is 36.0. The van der Waals surface area contributed by atoms with Crippen LogP contribution in [-0.2, 0) is 21.2 Å². The summed E-state index contributed by atoms with van der Waals surface area (Å²) in [7, 11) is -4.54. The third-order valence-corrected chi connectivity index (χ3v) is 15.3. The van der Waals surface area contributed by atoms with Crippen molar-refractivity contribution in [2.75, 3.05) is 74.6 Å². The number of benzene rings is 2. The van der Waals surface area contributed by atoms with Crippen molar-refractivity contribution >= 4 is 55.7 Å². The molecular formula is C46H57N7O7S2. The van der Waals surface area contributed by atoms with Crippen molar-refractivity contribution in [3.63, 3.8) is 0 Å². The lowest BCUT2D eigenvalue weighted by molar-refractivity contribution is -0.384. The van der Waals surface area contributed by atoms with Crippen molar-refractivity contribution < 1.29 is 27.6 Å². The van der Waals surface area contributed by atoms with Gasteiger partial charge in [0, 0.05) is 86.6 Å². The Bertz CT molecular complexity index is 2450. The Morgan fingerprint density at radius 2 is 1.85 bits per heavy atom. The van der Waals surface area contributed by atoms with Crippen LogP contribution in [0.3, 0.4) is 0 Å². The van der Waals surface area contributed by atoms with Gasteiger partial charge in [-0.2, -0.15) is 0 Å². The number of nitro benzene ring substituents is 1. The van der Waals surface area contributed by atoms with Gasteiger partial charge in [0.25, 0.3) is 21.6 Å². The minimum atomic E-state index is -4.54. The minimum Gasteiger partial charge on any atom is -0.455 e. The van der Waals surface area contributed by atoms with Gasteiger partial charge >= 0.3 is 0 Å². The van der Waals surface area contributed by atoms with E-state index in [4.69, 9.17) is 9.47 Å². The van der Waals surface area contributed by atoms with Gasteiger partial charge in [-0.25, -0.2) is 18.1 Å². The highest BCUT2D eigenvalue weighted by Crippen LogP contribution is 2.45. The summed E-state index contributed by atoms with van der Waals surface area (Å²) in [5.41, 5.74) is 4.95. The van der Waals surface area contributed by atoms with Crippen LogP contribution >= 0.6 is 11.3 Å². The van der Waals surface area contributed by atoms with E-state index in [1.54, 1.807) is 23.9 Å². The van der Waals surface area contributed by atoms with Gasteiger partial charge in [-0.05, 0) is 109 Å². The number of carbonyl (C=O) groups is 1. The van der Waals surface area contributed by atoms with Crippen LogP contribution in [0.2, 0.25) is 0 Å². The number of aromatic nitrogens is 1. The summed E-state index contributed by atoms with van der Waals surface area (Å²) in [5.74, 6) is 1.22. The van der Waals surface area contributed by atoms with Crippen LogP contribution in [0.15, 0.2) is 71.3 Å². The van der Waals surface area contributed by atoms with Crippen LogP contribution < -0.4 is 25.0 Å². The fourth-order valence-corrected chi connectivity index (χ4v) is 10.9. The fraction of sp³-hybridized carbons (Fsp3) is 0.478. The van der Waals surface area contributed by atoms with Crippen molar-refractivity contribution in [2.24, 2.45) is 11.3 Å². The number of nitrogens with zero attached hydrogens (tertiary/aromatic N) is 4. The number of pyridine rings is 1. The van der Waals surface area contributed by atoms with Gasteiger partial charge in [0.1, 0.15) is 23.0 Å². The molecule has 1 aliphatic carbocycles. The molecule has 330 valence electrons. The average Bonchev–Trinajstić information content (AvgIpc) is 3.95. The number of fused-ring (bicyclic) bond motifs is 1. The molecule has 0 unspecified atom stereocenters. The zero-order chi connectivity index (χ0) is 43.6. The molecule has 5 heterocycles. The number of nitro groups is 1. The molecule has 3 N–H and O–H groups in total. The number of amides is 1. The van der Waals surface area contributed by atoms with Gasteiger partial charge in [-0.3, -0.25) is 19.8 Å². The number of piperazine rings is 1. The molecule has 3 aliphatic heterocycles. The quantitative estimate of drug-likeness (QED) is 0.0816. The Kier molecular flexibility index (Phi) is 12.9. The predicted molar refractivity (Wildman–Crippen MR) is 244 cm³/mol. The molecule has 2 aromatic heterocycles. The molecule has 14 nitrogen and oxygen atoms in total. The number of sulfonamides is 1. The lowest BCUT2D eigenvalue weighted by atomic mass is 9.74. The second kappa shape index (κ2) is 18.4. The van der Waals surface area contributed by atoms with Crippen LogP contribution in [0.4, 0.5) is 22.9 Å². The number of rotatable bonds is 14. The Labute approximate surface area is 368 Å². The predicted octanol–water partition coefficient (Wildman–Crippen LogP) is 8.68. The van der Waals surface area contributed by atoms with E-state index in [1.807, 2.05) is 23.5 Å². The SMILES string of the molecule is CC(C)c1ccc(C2=C(CN3CCN(c4ccc(C(=O)NS(=O)(=O)c5ccc(NCC6CCOCC6)c([N+](=O)[O-])c5)c(Oc5cnc6c(c5)CCN6)c4)CC3)CCC(C)(C)C2)s1. The molecule has 2 aromatic carbocycles. The lowest BCUT2D eigenvalue weighted by Crippen LogP contribution is -2.47. The molecule has 16 heteroatoms. The first-order chi connectivity index (χ1) is 29.7. The molecule has 2 saturated heterocycles. The number of hydrogen-bond acceptors (Lipinski definition) is 13. The Hall–Kier alpha value is -5.03. The van der Waals surface area contributed by atoms with Crippen molar-refractivity contribution in [3.8, 4) is 11.5 Å². The van der Waals surface area contributed by atoms with E-state index in [2.05, 4.69) is 70.0 Å². The first-order valence-electron chi connectivity index (χ1n) is 21.7. The van der Waals surface area contributed by atoms with Crippen LogP contribution in [0, 0.1) is 21.4 Å². The second-order valence-corrected chi connectivity index (χ2v) is 20.8. The normalized spacial score (nSPS) is 18.4. The molecule has 0 atom stereocenters. The maximum atomic E-state index is 13.9. The molecule has 1 amide bonds. The van der Waals surface area contributed by atoms with Crippen LogP contribution in [0.25, 0.3) is 5.57 Å². The van der Waals surface area contributed by atoms with Crippen molar-refractivity contribution in [3.05, 3.63) is 97.4 Å². The Morgan fingerprint density at radius 3 is 2.60 bits per heavy atom. The van der Waals surface area contributed by atoms with E-state index >= 15 is 0 Å². The number of allylic oxidation sites excluding steroid dienone is 1. The zero-order valence-corrected chi connectivity index (χ0v) is 37.6. The van der Waals surface area contributed by atoms with Crippen LogP contribution in [0.1, 0.15) is 91.4 Å². The van der Waals surface area contributed by atoms with Crippen molar-refractivity contribution in [1.29, 1.82) is 0 Å². The van der Waals surface area contributed by atoms with Gasteiger partial charge in [0.2, 0.25) is 0 Å². The highest BCUT2D eigenvalue weighted by Gasteiger charge is 2.31. The number of nitrogens with one attached hydrogen (secondary N) is 3. The van der Waals surface area contributed by atoms with E-state index in [1.165, 1.54) is 33.9 Å². The molecule has 4 aliphatic rings. The van der Waals surface area contributed by atoms with Gasteiger partial charge in [0.15, 0.2) is 0 Å². The first-order valence-corrected chi connectivity index (χ1v) is 24.0. The molecule has 0 radical (unpaired) electrons. The number of carbonyl (C=O) groups excluding carboxylic acids is 1. The van der Waals surface area contributed by atoms with Crippen LogP contribution in [-0.4, -0.2) is 88.2 Å². The second-order valence-electron chi connectivity index (χ2n) is 18.0. The smallest absolute Gasteiger partial charge is 0.293 e. The summed E-state index contributed by atoms with van der Waals surface area (Å²) in [6.07, 6.45) is 7.37. The highest BCUT2D eigenvalue weighted by molar-refractivity contribution is 7.90. The lowest BCUT2D eigenvalue weighted by Gasteiger charge is -2.39. The standard InChI is InChI=1S/C46H57N7O7S2/c1-30(2)42-9-10-43(61-42)38-26-46(3,4)15-11-33(38)29-51-17-19-52(20-18-51)34-5-7-37(41(24-34)60-35-23-32-12-16-47-44(32)49-28-35)45(54)50-62(57,58)36-6-8-39(40(25-36)53(55)56)48-27-31-13-21-59-22-14-31/h5-10,23-25,28,30-31,48H,11-22,26-27,29H2,1-4H3,(H,47,49)(H,50,54). The minimum absolute atomic E-state index is 0.00674. The highest BCUT2D eigenvalue weighted by atomic mass is 32.2. The summed E-state index contributed by atoms with van der Waals surface area (Å²) >= 11 is 1.94. The molecule has 0 spiro atoms. The number of ether oxygens (including phenoxy) is 2. The number of hydrogen-bond donors (Lipinski definition) is 3. The van der Waals surface area contributed by atoms with Crippen molar-refractivity contribution in [2.45, 2.75) is 77.0 Å². The Balaban J connectivity index is 0.997. The molecular weight excluding hydrogens is 827 g/mol. The van der Waals surface area contributed by atoms with Crippen LogP contribution in [0.5, 0.6) is 11.5 Å². The Morgan fingerprint density at radius 1 is 1.06 bits per heavy atom. The van der Waals surface area contributed by atoms with Gasteiger partial charge in [0.05, 0.1) is 21.6 Å². The molecule has 8 rings (SSSR count). The van der Waals surface area contributed by atoms with E-state index < -0.39 is 31.4 Å². The fourth-order valence-electron chi connectivity index (χ4n) is 8.76. The van der Waals surface area contributed by atoms with E-state index in [0.29, 0.717) is 31.4 Å².